The fraction of sp³-hybridized carbons (Fsp3) is 0.381. The van der Waals surface area contributed by atoms with Crippen molar-refractivity contribution in [3.63, 3.8) is 0 Å². The number of nitrogens with zero attached hydrogens (tertiary/aromatic N) is 3. The van der Waals surface area contributed by atoms with Crippen molar-refractivity contribution in [1.82, 2.24) is 25.4 Å². The van der Waals surface area contributed by atoms with Gasteiger partial charge in [-0.1, -0.05) is 29.8 Å². The largest absolute Gasteiger partial charge is 0.354 e. The van der Waals surface area contributed by atoms with E-state index >= 15 is 0 Å². The van der Waals surface area contributed by atoms with E-state index in [9.17, 15) is 4.79 Å². The van der Waals surface area contributed by atoms with Crippen molar-refractivity contribution in [1.29, 1.82) is 0 Å². The lowest BCUT2D eigenvalue weighted by molar-refractivity contribution is -0.120. The number of carbonyl (C=O) groups excluding carboxylic acids is 1. The van der Waals surface area contributed by atoms with Crippen LogP contribution in [-0.2, 0) is 17.8 Å². The molecular weight excluding hydrogens is 338 g/mol. The minimum absolute atomic E-state index is 0.0310. The van der Waals surface area contributed by atoms with Gasteiger partial charge in [-0.3, -0.25) is 4.79 Å². The zero-order valence-electron chi connectivity index (χ0n) is 15.6. The molecule has 1 fully saturated rings. The van der Waals surface area contributed by atoms with Gasteiger partial charge >= 0.3 is 0 Å². The van der Waals surface area contributed by atoms with Crippen molar-refractivity contribution in [3.8, 4) is 0 Å². The van der Waals surface area contributed by atoms with Gasteiger partial charge in [0.1, 0.15) is 0 Å². The van der Waals surface area contributed by atoms with E-state index in [4.69, 9.17) is 5.10 Å². The Kier molecular flexibility index (Phi) is 5.16. The minimum Gasteiger partial charge on any atom is -0.354 e. The molecule has 1 aliphatic rings. The zero-order valence-corrected chi connectivity index (χ0v) is 15.6. The minimum atomic E-state index is 0.0310. The van der Waals surface area contributed by atoms with Gasteiger partial charge in [-0.15, -0.1) is 0 Å². The number of amides is 1. The maximum atomic E-state index is 12.2. The van der Waals surface area contributed by atoms with E-state index in [-0.39, 0.29) is 5.91 Å². The molecule has 1 amide bonds. The van der Waals surface area contributed by atoms with Crippen LogP contribution in [0.25, 0.3) is 11.0 Å². The standard InChI is InChI=1S/C21H25N5O/c1-15-4-6-16(7-5-15)13-19(27)23-11-12-26-21-18(3-2-9-24-21)20(25-26)17-8-10-22-14-17/h2-7,9,17,22H,8,10-14H2,1H3,(H,23,27). The molecule has 4 rings (SSSR count). The molecule has 1 aliphatic heterocycles. The number of nitrogens with one attached hydrogen (secondary N) is 2. The van der Waals surface area contributed by atoms with Crippen molar-refractivity contribution < 1.29 is 4.79 Å². The first kappa shape index (κ1) is 17.7. The van der Waals surface area contributed by atoms with Gasteiger partial charge in [-0.05, 0) is 37.6 Å². The molecule has 3 heterocycles. The number of rotatable bonds is 6. The molecule has 2 aromatic heterocycles. The maximum absolute atomic E-state index is 12.2. The Bertz CT molecular complexity index is 925. The molecule has 2 N–H and O–H groups in total. The predicted octanol–water partition coefficient (Wildman–Crippen LogP) is 2.18. The van der Waals surface area contributed by atoms with Crippen LogP contribution in [0.1, 0.15) is 29.2 Å². The number of fused-ring (bicyclic) bond motifs is 1. The summed E-state index contributed by atoms with van der Waals surface area (Å²) in [6.07, 6.45) is 3.30. The van der Waals surface area contributed by atoms with E-state index in [0.29, 0.717) is 25.4 Å². The zero-order chi connectivity index (χ0) is 18.6. The van der Waals surface area contributed by atoms with E-state index in [1.165, 1.54) is 5.56 Å². The molecule has 1 aromatic carbocycles. The number of aryl methyl sites for hydroxylation is 1. The molecule has 6 nitrogen and oxygen atoms in total. The third-order valence-electron chi connectivity index (χ3n) is 5.11. The number of pyridine rings is 1. The van der Waals surface area contributed by atoms with E-state index in [1.807, 2.05) is 41.9 Å². The smallest absolute Gasteiger partial charge is 0.224 e. The van der Waals surface area contributed by atoms with Crippen LogP contribution in [-0.4, -0.2) is 40.3 Å². The number of hydrogen-bond acceptors (Lipinski definition) is 4. The van der Waals surface area contributed by atoms with E-state index in [0.717, 1.165) is 41.8 Å². The maximum Gasteiger partial charge on any atom is 0.224 e. The third-order valence-corrected chi connectivity index (χ3v) is 5.11. The lowest BCUT2D eigenvalue weighted by Gasteiger charge is -2.07. The highest BCUT2D eigenvalue weighted by molar-refractivity contribution is 5.79. The van der Waals surface area contributed by atoms with Crippen molar-refractivity contribution in [2.24, 2.45) is 0 Å². The molecule has 1 saturated heterocycles. The van der Waals surface area contributed by atoms with Crippen LogP contribution in [0.3, 0.4) is 0 Å². The van der Waals surface area contributed by atoms with Crippen LogP contribution in [0.4, 0.5) is 0 Å². The highest BCUT2D eigenvalue weighted by Gasteiger charge is 2.23. The molecular formula is C21H25N5O. The van der Waals surface area contributed by atoms with Crippen LogP contribution in [0.15, 0.2) is 42.6 Å². The first-order chi connectivity index (χ1) is 13.2. The van der Waals surface area contributed by atoms with Crippen LogP contribution >= 0.6 is 0 Å². The fourth-order valence-electron chi connectivity index (χ4n) is 3.63. The molecule has 27 heavy (non-hydrogen) atoms. The van der Waals surface area contributed by atoms with Crippen molar-refractivity contribution in [3.05, 3.63) is 59.4 Å². The van der Waals surface area contributed by atoms with Crippen LogP contribution in [0.5, 0.6) is 0 Å². The van der Waals surface area contributed by atoms with Crippen molar-refractivity contribution in [2.45, 2.75) is 32.2 Å². The normalized spacial score (nSPS) is 16.7. The molecule has 3 aromatic rings. The van der Waals surface area contributed by atoms with Gasteiger partial charge in [0.2, 0.25) is 5.91 Å². The number of hydrogen-bond donors (Lipinski definition) is 2. The average Bonchev–Trinajstić information content (AvgIpc) is 3.32. The SMILES string of the molecule is Cc1ccc(CC(=O)NCCn2nc(C3CCNC3)c3cccnc32)cc1. The second kappa shape index (κ2) is 7.88. The molecule has 140 valence electrons. The Morgan fingerprint density at radius 2 is 2.15 bits per heavy atom. The lowest BCUT2D eigenvalue weighted by Crippen LogP contribution is -2.29. The number of aromatic nitrogens is 3. The Labute approximate surface area is 159 Å². The van der Waals surface area contributed by atoms with E-state index in [1.54, 1.807) is 6.20 Å². The van der Waals surface area contributed by atoms with Crippen LogP contribution in [0, 0.1) is 6.92 Å². The van der Waals surface area contributed by atoms with Gasteiger partial charge in [0, 0.05) is 30.6 Å². The summed E-state index contributed by atoms with van der Waals surface area (Å²) in [7, 11) is 0. The van der Waals surface area contributed by atoms with Gasteiger partial charge < -0.3 is 10.6 Å². The molecule has 6 heteroatoms. The van der Waals surface area contributed by atoms with E-state index < -0.39 is 0 Å². The number of carbonyl (C=O) groups is 1. The summed E-state index contributed by atoms with van der Waals surface area (Å²) in [5, 5.41) is 12.3. The van der Waals surface area contributed by atoms with Gasteiger partial charge in [0.25, 0.3) is 0 Å². The van der Waals surface area contributed by atoms with Crippen molar-refractivity contribution in [2.75, 3.05) is 19.6 Å². The van der Waals surface area contributed by atoms with Gasteiger partial charge in [0.15, 0.2) is 5.65 Å². The Balaban J connectivity index is 1.40. The summed E-state index contributed by atoms with van der Waals surface area (Å²) < 4.78 is 1.93. The molecule has 0 aliphatic carbocycles. The molecule has 0 radical (unpaired) electrons. The molecule has 1 atom stereocenters. The first-order valence-corrected chi connectivity index (χ1v) is 9.55. The quantitative estimate of drug-likeness (QED) is 0.704. The summed E-state index contributed by atoms with van der Waals surface area (Å²) in [6, 6.07) is 12.1. The predicted molar refractivity (Wildman–Crippen MR) is 106 cm³/mol. The highest BCUT2D eigenvalue weighted by atomic mass is 16.1. The second-order valence-corrected chi connectivity index (χ2v) is 7.19. The summed E-state index contributed by atoms with van der Waals surface area (Å²) in [6.45, 7) is 5.21. The fourth-order valence-corrected chi connectivity index (χ4v) is 3.63. The molecule has 0 spiro atoms. The first-order valence-electron chi connectivity index (χ1n) is 9.55. The summed E-state index contributed by atoms with van der Waals surface area (Å²) in [5.41, 5.74) is 4.24. The Morgan fingerprint density at radius 3 is 2.93 bits per heavy atom. The third kappa shape index (κ3) is 4.01. The highest BCUT2D eigenvalue weighted by Crippen LogP contribution is 2.27. The summed E-state index contributed by atoms with van der Waals surface area (Å²) in [5.74, 6) is 0.470. The topological polar surface area (TPSA) is 71.8 Å². The second-order valence-electron chi connectivity index (χ2n) is 7.19. The van der Waals surface area contributed by atoms with Crippen molar-refractivity contribution >= 4 is 16.9 Å². The molecule has 1 unspecified atom stereocenters. The lowest BCUT2D eigenvalue weighted by atomic mass is 10.0. The van der Waals surface area contributed by atoms with Crippen LogP contribution in [0.2, 0.25) is 0 Å². The van der Waals surface area contributed by atoms with Crippen LogP contribution < -0.4 is 10.6 Å². The Hall–Kier alpha value is -2.73. The number of benzene rings is 1. The molecule has 0 bridgehead atoms. The summed E-state index contributed by atoms with van der Waals surface area (Å²) in [4.78, 5) is 16.7. The average molecular weight is 363 g/mol. The Morgan fingerprint density at radius 1 is 1.30 bits per heavy atom. The molecule has 0 saturated carbocycles. The van der Waals surface area contributed by atoms with Gasteiger partial charge in [-0.25, -0.2) is 9.67 Å². The van der Waals surface area contributed by atoms with E-state index in [2.05, 4.69) is 21.7 Å². The van der Waals surface area contributed by atoms with Gasteiger partial charge in [-0.2, -0.15) is 5.10 Å². The van der Waals surface area contributed by atoms with Gasteiger partial charge in [0.05, 0.1) is 18.7 Å². The monoisotopic (exact) mass is 363 g/mol. The summed E-state index contributed by atoms with van der Waals surface area (Å²) >= 11 is 0.